The summed E-state index contributed by atoms with van der Waals surface area (Å²) in [4.78, 5) is 24.1. The van der Waals surface area contributed by atoms with Gasteiger partial charge in [0.1, 0.15) is 0 Å². The summed E-state index contributed by atoms with van der Waals surface area (Å²) in [5, 5.41) is 8.75. The number of ether oxygens (including phenoxy) is 1. The second kappa shape index (κ2) is 4.93. The van der Waals surface area contributed by atoms with Crippen molar-refractivity contribution in [1.29, 1.82) is 0 Å². The highest BCUT2D eigenvalue weighted by molar-refractivity contribution is 5.28. The Balaban J connectivity index is 1.93. The smallest absolute Gasteiger partial charge is 0.342 e. The lowest BCUT2D eigenvalue weighted by Gasteiger charge is -2.21. The van der Waals surface area contributed by atoms with E-state index in [2.05, 4.69) is 20.5 Å². The predicted octanol–water partition coefficient (Wildman–Crippen LogP) is -0.703. The third kappa shape index (κ3) is 2.69. The molecular weight excluding hydrogens is 212 g/mol. The van der Waals surface area contributed by atoms with Crippen LogP contribution in [0.2, 0.25) is 0 Å². The highest BCUT2D eigenvalue weighted by atomic mass is 16.5. The second-order valence-corrected chi connectivity index (χ2v) is 3.79. The Hall–Kier alpha value is -1.63. The van der Waals surface area contributed by atoms with Gasteiger partial charge in [0, 0.05) is 19.8 Å². The first kappa shape index (κ1) is 10.9. The molecule has 0 aliphatic carbocycles. The summed E-state index contributed by atoms with van der Waals surface area (Å²) >= 11 is 0. The fourth-order valence-electron chi connectivity index (χ4n) is 1.66. The van der Waals surface area contributed by atoms with Crippen LogP contribution in [0.15, 0.2) is 9.59 Å². The molecule has 1 aromatic heterocycles. The van der Waals surface area contributed by atoms with Crippen LogP contribution in [0.3, 0.4) is 0 Å². The van der Waals surface area contributed by atoms with Gasteiger partial charge in [0.15, 0.2) is 0 Å². The van der Waals surface area contributed by atoms with E-state index in [0.717, 1.165) is 26.1 Å². The Labute approximate surface area is 91.2 Å². The van der Waals surface area contributed by atoms with Crippen molar-refractivity contribution in [2.24, 2.45) is 5.92 Å². The Morgan fingerprint density at radius 3 is 2.81 bits per heavy atom. The van der Waals surface area contributed by atoms with Gasteiger partial charge in [-0.05, 0) is 18.8 Å². The summed E-state index contributed by atoms with van der Waals surface area (Å²) in [6.45, 7) is 2.20. The second-order valence-electron chi connectivity index (χ2n) is 3.79. The Morgan fingerprint density at radius 1 is 1.38 bits per heavy atom. The van der Waals surface area contributed by atoms with Crippen molar-refractivity contribution in [3.63, 3.8) is 0 Å². The first-order chi connectivity index (χ1) is 7.75. The lowest BCUT2D eigenvalue weighted by molar-refractivity contribution is 0.0699. The van der Waals surface area contributed by atoms with Crippen LogP contribution >= 0.6 is 0 Å². The van der Waals surface area contributed by atoms with Crippen LogP contribution in [0, 0.1) is 5.92 Å². The van der Waals surface area contributed by atoms with Crippen molar-refractivity contribution in [2.45, 2.75) is 12.8 Å². The molecule has 1 aromatic rings. The van der Waals surface area contributed by atoms with Gasteiger partial charge in [0.25, 0.3) is 5.56 Å². The van der Waals surface area contributed by atoms with Gasteiger partial charge in [-0.2, -0.15) is 0 Å². The van der Waals surface area contributed by atoms with Crippen LogP contribution in [-0.4, -0.2) is 34.9 Å². The molecule has 7 heteroatoms. The molecule has 0 spiro atoms. The predicted molar refractivity (Wildman–Crippen MR) is 57.5 cm³/mol. The fraction of sp³-hybridized carbons (Fsp3) is 0.667. The molecule has 1 saturated heterocycles. The molecule has 16 heavy (non-hydrogen) atoms. The maximum atomic E-state index is 11.3. The van der Waals surface area contributed by atoms with E-state index in [1.807, 2.05) is 0 Å². The highest BCUT2D eigenvalue weighted by Crippen LogP contribution is 2.14. The maximum absolute atomic E-state index is 11.3. The molecule has 0 radical (unpaired) electrons. The molecule has 3 N–H and O–H groups in total. The largest absolute Gasteiger partial charge is 0.381 e. The zero-order chi connectivity index (χ0) is 11.4. The van der Waals surface area contributed by atoms with Crippen molar-refractivity contribution in [3.8, 4) is 0 Å². The van der Waals surface area contributed by atoms with Crippen LogP contribution in [0.1, 0.15) is 12.8 Å². The standard InChI is InChI=1S/C9H14N4O3/c14-8-7(12-13-9(15)11-8)10-5-6-1-3-16-4-2-6/h6H,1-5H2,(H,10,12)(H2,11,13,14,15). The molecule has 1 aliphatic heterocycles. The van der Waals surface area contributed by atoms with Crippen molar-refractivity contribution >= 4 is 5.82 Å². The number of H-pyrrole nitrogens is 2. The van der Waals surface area contributed by atoms with Crippen LogP contribution in [0.4, 0.5) is 5.82 Å². The van der Waals surface area contributed by atoms with Crippen molar-refractivity contribution in [2.75, 3.05) is 25.1 Å². The minimum absolute atomic E-state index is 0.158. The normalized spacial score (nSPS) is 17.2. The van der Waals surface area contributed by atoms with Gasteiger partial charge in [-0.3, -0.25) is 9.78 Å². The van der Waals surface area contributed by atoms with E-state index >= 15 is 0 Å². The van der Waals surface area contributed by atoms with E-state index < -0.39 is 11.2 Å². The summed E-state index contributed by atoms with van der Waals surface area (Å²) in [5.74, 6) is 0.646. The van der Waals surface area contributed by atoms with Gasteiger partial charge in [0.05, 0.1) is 0 Å². The van der Waals surface area contributed by atoms with E-state index in [0.29, 0.717) is 12.5 Å². The van der Waals surface area contributed by atoms with Gasteiger partial charge in [-0.15, -0.1) is 5.10 Å². The van der Waals surface area contributed by atoms with Crippen LogP contribution in [-0.2, 0) is 4.74 Å². The van der Waals surface area contributed by atoms with Gasteiger partial charge in [-0.1, -0.05) is 0 Å². The molecule has 0 unspecified atom stereocenters. The number of aromatic nitrogens is 3. The third-order valence-corrected chi connectivity index (χ3v) is 2.61. The number of nitrogens with zero attached hydrogens (tertiary/aromatic N) is 1. The molecule has 1 aliphatic rings. The van der Waals surface area contributed by atoms with Gasteiger partial charge < -0.3 is 10.1 Å². The minimum Gasteiger partial charge on any atom is -0.381 e. The average molecular weight is 226 g/mol. The number of aromatic amines is 2. The van der Waals surface area contributed by atoms with Crippen molar-refractivity contribution < 1.29 is 4.74 Å². The lowest BCUT2D eigenvalue weighted by Crippen LogP contribution is -2.29. The van der Waals surface area contributed by atoms with Gasteiger partial charge in [-0.25, -0.2) is 9.89 Å². The summed E-state index contributed by atoms with van der Waals surface area (Å²) in [6.07, 6.45) is 1.96. The SMILES string of the molecule is O=c1[nH]nc(NCC2CCOCC2)c(=O)[nH]1. The number of hydrogen-bond acceptors (Lipinski definition) is 5. The van der Waals surface area contributed by atoms with Gasteiger partial charge in [0.2, 0.25) is 5.82 Å². The topological polar surface area (TPSA) is 99.9 Å². The molecule has 1 fully saturated rings. The highest BCUT2D eigenvalue weighted by Gasteiger charge is 2.14. The van der Waals surface area contributed by atoms with E-state index in [1.165, 1.54) is 0 Å². The zero-order valence-electron chi connectivity index (χ0n) is 8.78. The van der Waals surface area contributed by atoms with Crippen molar-refractivity contribution in [3.05, 3.63) is 20.8 Å². The van der Waals surface area contributed by atoms with Crippen LogP contribution in [0.25, 0.3) is 0 Å². The van der Waals surface area contributed by atoms with Crippen LogP contribution < -0.4 is 16.6 Å². The number of nitrogens with one attached hydrogen (secondary N) is 3. The molecule has 0 amide bonds. The lowest BCUT2D eigenvalue weighted by atomic mass is 10.0. The molecule has 2 rings (SSSR count). The summed E-state index contributed by atoms with van der Waals surface area (Å²) < 4.78 is 5.23. The van der Waals surface area contributed by atoms with Gasteiger partial charge >= 0.3 is 5.69 Å². The van der Waals surface area contributed by atoms with Crippen molar-refractivity contribution in [1.82, 2.24) is 15.2 Å². The van der Waals surface area contributed by atoms with Crippen LogP contribution in [0.5, 0.6) is 0 Å². The molecule has 0 bridgehead atoms. The summed E-state index contributed by atoms with van der Waals surface area (Å²) in [6, 6.07) is 0. The first-order valence-electron chi connectivity index (χ1n) is 5.26. The molecule has 0 aromatic carbocycles. The molecular formula is C9H14N4O3. The quantitative estimate of drug-likeness (QED) is 0.632. The fourth-order valence-corrected chi connectivity index (χ4v) is 1.66. The Bertz CT molecular complexity index is 447. The summed E-state index contributed by atoms with van der Waals surface area (Å²) in [5.41, 5.74) is -1.09. The molecule has 88 valence electrons. The molecule has 0 atom stereocenters. The monoisotopic (exact) mass is 226 g/mol. The number of anilines is 1. The molecule has 2 heterocycles. The minimum atomic E-state index is -0.596. The average Bonchev–Trinajstić information content (AvgIpc) is 2.29. The van der Waals surface area contributed by atoms with E-state index in [9.17, 15) is 9.59 Å². The zero-order valence-corrected chi connectivity index (χ0v) is 8.78. The third-order valence-electron chi connectivity index (χ3n) is 2.61. The number of hydrogen-bond donors (Lipinski definition) is 3. The molecule has 7 nitrogen and oxygen atoms in total. The Kier molecular flexibility index (Phi) is 3.35. The first-order valence-corrected chi connectivity index (χ1v) is 5.26. The number of rotatable bonds is 3. The van der Waals surface area contributed by atoms with E-state index in [1.54, 1.807) is 0 Å². The molecule has 0 saturated carbocycles. The Morgan fingerprint density at radius 2 is 2.12 bits per heavy atom. The summed E-state index contributed by atoms with van der Waals surface area (Å²) in [7, 11) is 0. The van der Waals surface area contributed by atoms with E-state index in [4.69, 9.17) is 4.74 Å². The maximum Gasteiger partial charge on any atom is 0.342 e. The van der Waals surface area contributed by atoms with E-state index in [-0.39, 0.29) is 5.82 Å².